The number of hydrogen-bond acceptors (Lipinski definition) is 1. The molecule has 4 heteroatoms. The smallest absolute Gasteiger partial charge is 0.0905 e. The second-order valence-corrected chi connectivity index (χ2v) is 6.70. The summed E-state index contributed by atoms with van der Waals surface area (Å²) in [6, 6.07) is 10.7. The summed E-state index contributed by atoms with van der Waals surface area (Å²) < 4.78 is 4.25. The minimum absolute atomic E-state index is 0.941. The van der Waals surface area contributed by atoms with E-state index in [4.69, 9.17) is 0 Å². The fourth-order valence-electron chi connectivity index (χ4n) is 2.72. The lowest BCUT2D eigenvalue weighted by Crippen LogP contribution is -2.00. The van der Waals surface area contributed by atoms with Crippen LogP contribution in [0, 0.1) is 0 Å². The van der Waals surface area contributed by atoms with Crippen LogP contribution in [0.25, 0.3) is 5.52 Å². The first kappa shape index (κ1) is 14.8. The number of benzene rings is 1. The van der Waals surface area contributed by atoms with E-state index in [2.05, 4.69) is 78.5 Å². The van der Waals surface area contributed by atoms with Crippen molar-refractivity contribution in [2.24, 2.45) is 0 Å². The summed E-state index contributed by atoms with van der Waals surface area (Å²) in [4.78, 5) is 4.58. The van der Waals surface area contributed by atoms with Gasteiger partial charge in [-0.25, -0.2) is 0 Å². The number of hydrogen-bond donors (Lipinski definition) is 0. The van der Waals surface area contributed by atoms with E-state index >= 15 is 0 Å². The van der Waals surface area contributed by atoms with Crippen molar-refractivity contribution in [1.82, 2.24) is 9.38 Å². The molecule has 0 saturated heterocycles. The number of fused-ring (bicyclic) bond motifs is 1. The van der Waals surface area contributed by atoms with Gasteiger partial charge in [0.15, 0.2) is 0 Å². The summed E-state index contributed by atoms with van der Waals surface area (Å²) in [6.07, 6.45) is 6.88. The molecule has 108 valence electrons. The summed E-state index contributed by atoms with van der Waals surface area (Å²) >= 11 is 7.21. The summed E-state index contributed by atoms with van der Waals surface area (Å²) in [5, 5.41) is 0. The highest BCUT2D eigenvalue weighted by Gasteiger charge is 2.11. The largest absolute Gasteiger partial charge is 0.307 e. The fraction of sp³-hybridized carbons (Fsp3) is 0.235. The minimum atomic E-state index is 0.941. The topological polar surface area (TPSA) is 17.3 Å². The molecule has 1 aromatic carbocycles. The van der Waals surface area contributed by atoms with Crippen LogP contribution < -0.4 is 0 Å². The highest BCUT2D eigenvalue weighted by Crippen LogP contribution is 2.28. The molecule has 0 fully saturated rings. The van der Waals surface area contributed by atoms with Crippen LogP contribution in [0.1, 0.15) is 23.7 Å². The molecule has 2 aromatic heterocycles. The van der Waals surface area contributed by atoms with E-state index in [0.717, 1.165) is 39.5 Å². The van der Waals surface area contributed by atoms with E-state index < -0.39 is 0 Å². The van der Waals surface area contributed by atoms with Gasteiger partial charge in [0.25, 0.3) is 0 Å². The Balaban J connectivity index is 1.92. The van der Waals surface area contributed by atoms with E-state index in [1.54, 1.807) is 0 Å². The molecular formula is C17H16Br2N2. The third-order valence-corrected chi connectivity index (χ3v) is 5.01. The van der Waals surface area contributed by atoms with Gasteiger partial charge in [-0.3, -0.25) is 4.98 Å². The Morgan fingerprint density at radius 1 is 1.10 bits per heavy atom. The van der Waals surface area contributed by atoms with Gasteiger partial charge >= 0.3 is 0 Å². The molecule has 0 aliphatic carbocycles. The first-order chi connectivity index (χ1) is 10.2. The zero-order chi connectivity index (χ0) is 14.8. The van der Waals surface area contributed by atoms with E-state index in [-0.39, 0.29) is 0 Å². The lowest BCUT2D eigenvalue weighted by Gasteiger charge is -2.09. The number of nitrogens with zero attached hydrogens (tertiary/aromatic N) is 2. The quantitative estimate of drug-likeness (QED) is 0.580. The molecule has 0 aliphatic rings. The third kappa shape index (κ3) is 2.92. The normalized spacial score (nSPS) is 11.2. The molecular weight excluding hydrogens is 392 g/mol. The van der Waals surface area contributed by atoms with Crippen LogP contribution in [0.4, 0.5) is 0 Å². The third-order valence-electron chi connectivity index (χ3n) is 3.79. The molecule has 0 N–H and O–H groups in total. The summed E-state index contributed by atoms with van der Waals surface area (Å²) in [7, 11) is 0. The van der Waals surface area contributed by atoms with Crippen LogP contribution in [-0.4, -0.2) is 9.38 Å². The van der Waals surface area contributed by atoms with Gasteiger partial charge in [0.1, 0.15) is 0 Å². The predicted molar refractivity (Wildman–Crippen MR) is 93.8 cm³/mol. The van der Waals surface area contributed by atoms with Gasteiger partial charge < -0.3 is 4.40 Å². The van der Waals surface area contributed by atoms with Gasteiger partial charge in [0, 0.05) is 16.9 Å². The van der Waals surface area contributed by atoms with Crippen molar-refractivity contribution in [3.05, 3.63) is 68.6 Å². The van der Waals surface area contributed by atoms with Crippen LogP contribution >= 0.6 is 31.9 Å². The van der Waals surface area contributed by atoms with Crippen LogP contribution in [0.15, 0.2) is 51.8 Å². The fourth-order valence-corrected chi connectivity index (χ4v) is 4.19. The Labute approximate surface area is 141 Å². The second kappa shape index (κ2) is 6.32. The van der Waals surface area contributed by atoms with E-state index in [1.807, 2.05) is 12.4 Å². The zero-order valence-corrected chi connectivity index (χ0v) is 15.0. The molecule has 0 unspecified atom stereocenters. The first-order valence-corrected chi connectivity index (χ1v) is 8.66. The first-order valence-electron chi connectivity index (χ1n) is 7.07. The van der Waals surface area contributed by atoms with Crippen LogP contribution in [0.5, 0.6) is 0 Å². The van der Waals surface area contributed by atoms with Crippen molar-refractivity contribution in [3.63, 3.8) is 0 Å². The van der Waals surface area contributed by atoms with Gasteiger partial charge in [0.2, 0.25) is 0 Å². The molecule has 3 aromatic rings. The van der Waals surface area contributed by atoms with Crippen molar-refractivity contribution >= 4 is 37.4 Å². The Kier molecular flexibility index (Phi) is 4.45. The molecule has 0 aliphatic heterocycles. The number of aromatic nitrogens is 2. The van der Waals surface area contributed by atoms with Gasteiger partial charge in [-0.05, 0) is 68.3 Å². The standard InChI is InChI=1S/C17H16Br2N2/c1-2-12-5-3-4-6-13(12)7-8-15-17-14(18)11-16(19)21(17)10-9-20-15/h3-6,9-11H,2,7-8H2,1H3. The van der Waals surface area contributed by atoms with Crippen molar-refractivity contribution < 1.29 is 0 Å². The second-order valence-electron chi connectivity index (χ2n) is 5.03. The van der Waals surface area contributed by atoms with Crippen molar-refractivity contribution in [3.8, 4) is 0 Å². The molecule has 0 atom stereocenters. The Morgan fingerprint density at radius 2 is 1.86 bits per heavy atom. The SMILES string of the molecule is CCc1ccccc1CCc1nccn2c(Br)cc(Br)c12. The summed E-state index contributed by atoms with van der Waals surface area (Å²) in [6.45, 7) is 2.21. The maximum Gasteiger partial charge on any atom is 0.0905 e. The Bertz CT molecular complexity index is 778. The van der Waals surface area contributed by atoms with Crippen LogP contribution in [-0.2, 0) is 19.3 Å². The van der Waals surface area contributed by atoms with Crippen molar-refractivity contribution in [2.75, 3.05) is 0 Å². The monoisotopic (exact) mass is 406 g/mol. The molecule has 2 nitrogen and oxygen atoms in total. The average Bonchev–Trinajstić information content (AvgIpc) is 2.81. The number of rotatable bonds is 4. The van der Waals surface area contributed by atoms with Crippen LogP contribution in [0.3, 0.4) is 0 Å². The number of aryl methyl sites for hydroxylation is 3. The molecule has 0 radical (unpaired) electrons. The van der Waals surface area contributed by atoms with Gasteiger partial charge in [0.05, 0.1) is 15.8 Å². The van der Waals surface area contributed by atoms with Crippen molar-refractivity contribution in [2.45, 2.75) is 26.2 Å². The molecule has 0 spiro atoms. The van der Waals surface area contributed by atoms with Gasteiger partial charge in [-0.2, -0.15) is 0 Å². The average molecular weight is 408 g/mol. The molecule has 2 heterocycles. The number of halogens is 2. The maximum absolute atomic E-state index is 4.58. The Morgan fingerprint density at radius 3 is 2.62 bits per heavy atom. The van der Waals surface area contributed by atoms with E-state index in [9.17, 15) is 0 Å². The molecule has 21 heavy (non-hydrogen) atoms. The predicted octanol–water partition coefficient (Wildman–Crippen LogP) is 5.21. The maximum atomic E-state index is 4.58. The molecule has 0 amide bonds. The lowest BCUT2D eigenvalue weighted by atomic mass is 10.00. The zero-order valence-electron chi connectivity index (χ0n) is 11.8. The van der Waals surface area contributed by atoms with Gasteiger partial charge in [-0.1, -0.05) is 31.2 Å². The summed E-state index contributed by atoms with van der Waals surface area (Å²) in [5.74, 6) is 0. The molecule has 0 bridgehead atoms. The highest BCUT2D eigenvalue weighted by atomic mass is 79.9. The van der Waals surface area contributed by atoms with Gasteiger partial charge in [-0.15, -0.1) is 0 Å². The highest BCUT2D eigenvalue weighted by molar-refractivity contribution is 9.11. The van der Waals surface area contributed by atoms with E-state index in [0.29, 0.717) is 0 Å². The Hall–Kier alpha value is -1.13. The minimum Gasteiger partial charge on any atom is -0.307 e. The van der Waals surface area contributed by atoms with Crippen molar-refractivity contribution in [1.29, 1.82) is 0 Å². The van der Waals surface area contributed by atoms with Crippen LogP contribution in [0.2, 0.25) is 0 Å². The molecule has 3 rings (SSSR count). The van der Waals surface area contributed by atoms with E-state index in [1.165, 1.54) is 11.1 Å². The molecule has 0 saturated carbocycles. The lowest BCUT2D eigenvalue weighted by molar-refractivity contribution is 0.889. The summed E-state index contributed by atoms with van der Waals surface area (Å²) in [5.41, 5.74) is 5.13.